The van der Waals surface area contributed by atoms with E-state index in [-0.39, 0.29) is 48.5 Å². The van der Waals surface area contributed by atoms with Gasteiger partial charge in [-0.3, -0.25) is 38.6 Å². The Morgan fingerprint density at radius 2 is 0.510 bits per heavy atom. The molecule has 14 nitrogen and oxygen atoms in total. The third-order valence-electron chi connectivity index (χ3n) is 21.3. The predicted octanol–water partition coefficient (Wildman–Crippen LogP) is 23.0. The van der Waals surface area contributed by atoms with Gasteiger partial charge in [-0.25, -0.2) is 0 Å². The molecule has 7 aromatic carbocycles. The van der Waals surface area contributed by atoms with Gasteiger partial charge in [0.25, 0.3) is 35.4 Å². The first kappa shape index (κ1) is 80.4. The van der Waals surface area contributed by atoms with Gasteiger partial charge in [-0.1, -0.05) is 257 Å². The molecule has 0 aromatic heterocycles. The number of ether oxygens (including phenoxy) is 4. The molecule has 14 heteroatoms. The molecule has 0 atom stereocenters. The summed E-state index contributed by atoms with van der Waals surface area (Å²) in [7, 11) is 0. The fraction of sp³-hybridized carbons (Fsp3) is 0.578. The number of nitrogens with one attached hydrogen (secondary N) is 2. The van der Waals surface area contributed by atoms with Crippen LogP contribution in [0.4, 0.5) is 0 Å². The van der Waals surface area contributed by atoms with E-state index in [0.717, 1.165) is 83.7 Å². The number of carbonyl (C=O) groups is 6. The first-order chi connectivity index (χ1) is 51.1. The molecule has 7 aromatic rings. The van der Waals surface area contributed by atoms with Crippen LogP contribution in [0.5, 0.6) is 23.0 Å². The average Bonchev–Trinajstić information content (AvgIpc) is 0.693. The molecule has 0 bridgehead atoms. The summed E-state index contributed by atoms with van der Waals surface area (Å²) in [5.41, 5.74) is 2.70. The summed E-state index contributed by atoms with van der Waals surface area (Å²) >= 11 is 0. The van der Waals surface area contributed by atoms with Crippen molar-refractivity contribution in [3.8, 4) is 23.0 Å². The Bertz CT molecular complexity index is 3410. The van der Waals surface area contributed by atoms with E-state index in [1.54, 1.807) is 48.5 Å². The third-order valence-corrected chi connectivity index (χ3v) is 21.3. The third kappa shape index (κ3) is 23.1. The van der Waals surface area contributed by atoms with E-state index in [1.165, 1.54) is 190 Å². The van der Waals surface area contributed by atoms with Crippen molar-refractivity contribution in [2.75, 3.05) is 52.6 Å². The summed E-state index contributed by atoms with van der Waals surface area (Å²) in [4.78, 5) is 88.2. The second kappa shape index (κ2) is 44.3. The number of rotatable bonds is 56. The Morgan fingerprint density at radius 1 is 0.279 bits per heavy atom. The minimum atomic E-state index is -0.368. The van der Waals surface area contributed by atoms with Gasteiger partial charge >= 0.3 is 0 Å². The van der Waals surface area contributed by atoms with Gasteiger partial charge in [0, 0.05) is 82.5 Å². The number of nitrogens with zero attached hydrogens (tertiary/aromatic N) is 2. The van der Waals surface area contributed by atoms with Gasteiger partial charge in [0.2, 0.25) is 0 Å². The summed E-state index contributed by atoms with van der Waals surface area (Å²) in [6, 6.07) is 25.9. The van der Waals surface area contributed by atoms with E-state index in [9.17, 15) is 28.8 Å². The minimum Gasteiger partial charge on any atom is -0.493 e. The number of unbranched alkanes of at least 4 members (excludes halogenated alkanes) is 34. The predicted molar refractivity (Wildman–Crippen MR) is 425 cm³/mol. The number of amides is 6. The molecule has 0 spiro atoms. The Hall–Kier alpha value is -7.74. The van der Waals surface area contributed by atoms with Crippen LogP contribution in [0.2, 0.25) is 0 Å². The van der Waals surface area contributed by atoms with Crippen molar-refractivity contribution in [1.29, 1.82) is 0 Å². The summed E-state index contributed by atoms with van der Waals surface area (Å²) < 4.78 is 25.0. The highest BCUT2D eigenvalue weighted by Crippen LogP contribution is 2.46. The molecule has 564 valence electrons. The van der Waals surface area contributed by atoms with Gasteiger partial charge in [0.05, 0.1) is 26.4 Å². The first-order valence-corrected chi connectivity index (χ1v) is 41.4. The fourth-order valence-corrected chi connectivity index (χ4v) is 15.3. The average molecular weight is 1420 g/mol. The zero-order valence-corrected chi connectivity index (χ0v) is 64.0. The molecule has 6 amide bonds. The summed E-state index contributed by atoms with van der Waals surface area (Å²) in [5, 5.41) is 12.2. The Kier molecular flexibility index (Phi) is 34.2. The van der Waals surface area contributed by atoms with Crippen LogP contribution in [-0.4, -0.2) is 97.8 Å². The van der Waals surface area contributed by atoms with Crippen LogP contribution in [0.1, 0.15) is 347 Å². The molecule has 0 aliphatic carbocycles. The van der Waals surface area contributed by atoms with Crippen molar-refractivity contribution in [3.63, 3.8) is 0 Å². The lowest BCUT2D eigenvalue weighted by atomic mass is 9.82. The van der Waals surface area contributed by atoms with Crippen molar-refractivity contribution in [1.82, 2.24) is 20.4 Å². The highest BCUT2D eigenvalue weighted by molar-refractivity contribution is 6.41. The molecular weight excluding hydrogens is 1300 g/mol. The zero-order chi connectivity index (χ0) is 73.1. The van der Waals surface area contributed by atoms with Crippen molar-refractivity contribution in [2.24, 2.45) is 0 Å². The molecule has 9 rings (SSSR count). The molecule has 2 heterocycles. The molecule has 0 saturated carbocycles. The second-order valence-electron chi connectivity index (χ2n) is 29.7. The van der Waals surface area contributed by atoms with Crippen LogP contribution in [0.3, 0.4) is 0 Å². The van der Waals surface area contributed by atoms with Crippen LogP contribution >= 0.6 is 0 Å². The largest absolute Gasteiger partial charge is 0.493 e. The van der Waals surface area contributed by atoms with Crippen LogP contribution in [0, 0.1) is 0 Å². The number of benzene rings is 7. The quantitative estimate of drug-likeness (QED) is 0.0162. The SMILES string of the molecule is CCCCCCCCCCCOc1cc(OCCCCCCCCCCC)cc(C(=O)NCCCCN2C(=O)c3ccc4c5ccc6c7c(ccc(c8ccc(c3c48)C2=O)c75)C(=O)N(CCCCNC(=O)c2cc(OCCCCCCCCCCC)cc(OCCCCCCCCCCC)c2)C6=O)c1. The maximum absolute atomic E-state index is 14.5. The lowest BCUT2D eigenvalue weighted by molar-refractivity contribution is 0.0592. The first-order valence-electron chi connectivity index (χ1n) is 41.4. The standard InChI is InChI=1S/C90H124N4O10/c1-5-9-13-17-21-25-29-33-41-57-101-69-61-67(62-70(65-69)102-58-42-34-30-26-22-18-14-10-6-2)85(95)91-53-37-39-55-93-87(97)77-49-45-73-75-47-51-79-84-80(52-48-76(82(75)84)74-46-50-78(88(93)98)83(77)81(73)74)90(100)94(89(79)99)56-40-38-54-92-86(96)68-63-71(103-59-43-35-31-27-23-19-15-11-7-3)66-72(64-68)104-60-44-36-32-28-24-20-16-12-8-4/h45-52,61-66H,5-44,53-60H2,1-4H3,(H,91,95)(H,92,96). The van der Waals surface area contributed by atoms with Gasteiger partial charge in [-0.05, 0) is 132 Å². The monoisotopic (exact) mass is 1420 g/mol. The van der Waals surface area contributed by atoms with Gasteiger partial charge in [-0.2, -0.15) is 0 Å². The van der Waals surface area contributed by atoms with E-state index in [4.69, 9.17) is 18.9 Å². The molecule has 2 aliphatic rings. The molecule has 2 N–H and O–H groups in total. The molecule has 0 unspecified atom stereocenters. The second-order valence-corrected chi connectivity index (χ2v) is 29.7. The molecule has 0 saturated heterocycles. The lowest BCUT2D eigenvalue weighted by Crippen LogP contribution is -2.41. The topological polar surface area (TPSA) is 170 Å². The molecule has 2 aliphatic heterocycles. The van der Waals surface area contributed by atoms with E-state index < -0.39 is 0 Å². The van der Waals surface area contributed by atoms with Crippen molar-refractivity contribution >= 4 is 78.5 Å². The van der Waals surface area contributed by atoms with Gasteiger partial charge in [0.1, 0.15) is 23.0 Å². The normalized spacial score (nSPS) is 12.8. The van der Waals surface area contributed by atoms with E-state index in [0.29, 0.717) is 132 Å². The van der Waals surface area contributed by atoms with E-state index in [1.807, 2.05) is 36.4 Å². The van der Waals surface area contributed by atoms with Crippen LogP contribution in [0.25, 0.3) is 43.1 Å². The Labute approximate surface area is 621 Å². The molecule has 0 fully saturated rings. The van der Waals surface area contributed by atoms with Crippen LogP contribution in [0.15, 0.2) is 84.9 Å². The number of imide groups is 2. The van der Waals surface area contributed by atoms with Crippen molar-refractivity contribution < 1.29 is 47.7 Å². The highest BCUT2D eigenvalue weighted by Gasteiger charge is 2.37. The minimum absolute atomic E-state index is 0.182. The van der Waals surface area contributed by atoms with Crippen molar-refractivity contribution in [2.45, 2.75) is 285 Å². The Balaban J connectivity index is 0.775. The Morgan fingerprint density at radius 3 is 0.750 bits per heavy atom. The zero-order valence-electron chi connectivity index (χ0n) is 64.0. The molecular formula is C90H124N4O10. The number of carbonyl (C=O) groups excluding carboxylic acids is 6. The summed E-state index contributed by atoms with van der Waals surface area (Å²) in [5.74, 6) is 0.550. The lowest BCUT2D eigenvalue weighted by Gasteiger charge is -2.30. The number of hydrogen-bond donors (Lipinski definition) is 2. The van der Waals surface area contributed by atoms with Crippen molar-refractivity contribution in [3.05, 3.63) is 118 Å². The smallest absolute Gasteiger partial charge is 0.261 e. The summed E-state index contributed by atoms with van der Waals surface area (Å²) in [6.07, 6.45) is 46.1. The molecule has 104 heavy (non-hydrogen) atoms. The maximum Gasteiger partial charge on any atom is 0.261 e. The molecule has 0 radical (unpaired) electrons. The van der Waals surface area contributed by atoms with Crippen LogP contribution < -0.4 is 29.6 Å². The fourth-order valence-electron chi connectivity index (χ4n) is 15.3. The van der Waals surface area contributed by atoms with Gasteiger partial charge < -0.3 is 29.6 Å². The van der Waals surface area contributed by atoms with E-state index >= 15 is 0 Å². The van der Waals surface area contributed by atoms with E-state index in [2.05, 4.69) is 38.3 Å². The highest BCUT2D eigenvalue weighted by atomic mass is 16.5. The summed E-state index contributed by atoms with van der Waals surface area (Å²) in [6.45, 7) is 12.4. The number of hydrogen-bond acceptors (Lipinski definition) is 10. The maximum atomic E-state index is 14.5. The van der Waals surface area contributed by atoms with Gasteiger partial charge in [0.15, 0.2) is 0 Å². The van der Waals surface area contributed by atoms with Crippen LogP contribution in [-0.2, 0) is 0 Å². The number of fused-ring (bicyclic) bond motifs is 2. The van der Waals surface area contributed by atoms with Gasteiger partial charge in [-0.15, -0.1) is 0 Å².